The molecule has 4 heteroatoms. The summed E-state index contributed by atoms with van der Waals surface area (Å²) in [5.41, 5.74) is 1.96. The van der Waals surface area contributed by atoms with Crippen molar-refractivity contribution in [3.8, 4) is 0 Å². The van der Waals surface area contributed by atoms with E-state index in [1.807, 2.05) is 24.9 Å². The quantitative estimate of drug-likeness (QED) is 0.813. The summed E-state index contributed by atoms with van der Waals surface area (Å²) in [7, 11) is 1.91. The highest BCUT2D eigenvalue weighted by molar-refractivity contribution is 5.31. The largest absolute Gasteiger partial charge is 0.340 e. The first-order valence-electron chi connectivity index (χ1n) is 5.40. The Bertz CT molecular complexity index is 496. The average Bonchev–Trinajstić information content (AvgIpc) is 2.32. The second-order valence-electron chi connectivity index (χ2n) is 3.98. The molecule has 0 saturated heterocycles. The van der Waals surface area contributed by atoms with Gasteiger partial charge in [0.05, 0.1) is 0 Å². The Morgan fingerprint density at radius 1 is 1.18 bits per heavy atom. The number of aryl methyl sites for hydroxylation is 1. The molecule has 0 aliphatic rings. The van der Waals surface area contributed by atoms with E-state index in [0.29, 0.717) is 12.5 Å². The summed E-state index contributed by atoms with van der Waals surface area (Å²) in [6.07, 6.45) is 1.73. The molecule has 17 heavy (non-hydrogen) atoms. The molecule has 0 radical (unpaired) electrons. The molecule has 0 fully saturated rings. The van der Waals surface area contributed by atoms with Crippen molar-refractivity contribution in [2.45, 2.75) is 13.5 Å². The number of hydrogen-bond donors (Lipinski definition) is 0. The van der Waals surface area contributed by atoms with Crippen LogP contribution in [0.15, 0.2) is 36.5 Å². The fourth-order valence-corrected chi connectivity index (χ4v) is 1.55. The summed E-state index contributed by atoms with van der Waals surface area (Å²) < 4.78 is 12.8. The highest BCUT2D eigenvalue weighted by atomic mass is 19.1. The first-order valence-corrected chi connectivity index (χ1v) is 5.40. The molecule has 0 amide bonds. The molecule has 2 rings (SSSR count). The van der Waals surface area contributed by atoms with Crippen molar-refractivity contribution in [1.82, 2.24) is 9.97 Å². The Balaban J connectivity index is 2.11. The molecular formula is C13H14FN3. The second-order valence-corrected chi connectivity index (χ2v) is 3.98. The zero-order chi connectivity index (χ0) is 12.3. The van der Waals surface area contributed by atoms with Gasteiger partial charge in [0.15, 0.2) is 0 Å². The average molecular weight is 231 g/mol. The second kappa shape index (κ2) is 4.91. The van der Waals surface area contributed by atoms with Gasteiger partial charge in [0.2, 0.25) is 5.95 Å². The Kier molecular flexibility index (Phi) is 3.32. The van der Waals surface area contributed by atoms with Gasteiger partial charge < -0.3 is 4.90 Å². The van der Waals surface area contributed by atoms with E-state index in [-0.39, 0.29) is 5.82 Å². The minimum atomic E-state index is -0.219. The Labute approximate surface area is 99.9 Å². The maximum absolute atomic E-state index is 12.8. The topological polar surface area (TPSA) is 29.0 Å². The lowest BCUT2D eigenvalue weighted by atomic mass is 10.2. The highest BCUT2D eigenvalue weighted by Crippen LogP contribution is 2.10. The smallest absolute Gasteiger partial charge is 0.225 e. The van der Waals surface area contributed by atoms with E-state index in [1.165, 1.54) is 12.1 Å². The molecule has 0 bridgehead atoms. The van der Waals surface area contributed by atoms with Crippen LogP contribution in [0, 0.1) is 12.7 Å². The molecule has 1 aromatic carbocycles. The van der Waals surface area contributed by atoms with E-state index in [2.05, 4.69) is 9.97 Å². The van der Waals surface area contributed by atoms with Crippen molar-refractivity contribution in [3.05, 3.63) is 53.6 Å². The van der Waals surface area contributed by atoms with Crippen molar-refractivity contribution in [3.63, 3.8) is 0 Å². The molecule has 88 valence electrons. The summed E-state index contributed by atoms with van der Waals surface area (Å²) in [5.74, 6) is 0.456. The summed E-state index contributed by atoms with van der Waals surface area (Å²) in [6, 6.07) is 8.30. The van der Waals surface area contributed by atoms with Crippen LogP contribution in [-0.4, -0.2) is 17.0 Å². The van der Waals surface area contributed by atoms with Gasteiger partial charge >= 0.3 is 0 Å². The van der Waals surface area contributed by atoms with E-state index >= 15 is 0 Å². The van der Waals surface area contributed by atoms with E-state index < -0.39 is 0 Å². The number of hydrogen-bond acceptors (Lipinski definition) is 3. The van der Waals surface area contributed by atoms with Gasteiger partial charge in [-0.25, -0.2) is 14.4 Å². The van der Waals surface area contributed by atoms with E-state index in [1.54, 1.807) is 18.3 Å². The SMILES string of the molecule is Cc1ccnc(N(C)Cc2ccc(F)cc2)n1. The first-order chi connectivity index (χ1) is 8.15. The molecule has 0 unspecified atom stereocenters. The van der Waals surface area contributed by atoms with Gasteiger partial charge in [0.25, 0.3) is 0 Å². The zero-order valence-electron chi connectivity index (χ0n) is 9.89. The maximum atomic E-state index is 12.8. The van der Waals surface area contributed by atoms with Crippen molar-refractivity contribution in [2.24, 2.45) is 0 Å². The van der Waals surface area contributed by atoms with Gasteiger partial charge in [-0.15, -0.1) is 0 Å². The zero-order valence-corrected chi connectivity index (χ0v) is 9.89. The van der Waals surface area contributed by atoms with Crippen LogP contribution in [0.5, 0.6) is 0 Å². The monoisotopic (exact) mass is 231 g/mol. The standard InChI is InChI=1S/C13H14FN3/c1-10-7-8-15-13(16-10)17(2)9-11-3-5-12(14)6-4-11/h3-8H,9H2,1-2H3. The summed E-state index contributed by atoms with van der Waals surface area (Å²) in [6.45, 7) is 2.58. The third-order valence-corrected chi connectivity index (χ3v) is 2.46. The molecule has 0 saturated carbocycles. The van der Waals surface area contributed by atoms with Crippen LogP contribution in [0.25, 0.3) is 0 Å². The van der Waals surface area contributed by atoms with Gasteiger partial charge in [-0.05, 0) is 30.7 Å². The molecule has 0 N–H and O–H groups in total. The Morgan fingerprint density at radius 3 is 2.53 bits per heavy atom. The molecule has 0 aliphatic carbocycles. The number of benzene rings is 1. The number of halogens is 1. The molecule has 3 nitrogen and oxygen atoms in total. The van der Waals surface area contributed by atoms with E-state index in [9.17, 15) is 4.39 Å². The van der Waals surface area contributed by atoms with Crippen LogP contribution in [0.2, 0.25) is 0 Å². The molecule has 1 aromatic heterocycles. The van der Waals surface area contributed by atoms with Crippen LogP contribution in [0.1, 0.15) is 11.3 Å². The summed E-state index contributed by atoms with van der Waals surface area (Å²) in [5, 5.41) is 0. The number of rotatable bonds is 3. The molecule has 1 heterocycles. The van der Waals surface area contributed by atoms with E-state index in [0.717, 1.165) is 11.3 Å². The van der Waals surface area contributed by atoms with Crippen LogP contribution >= 0.6 is 0 Å². The lowest BCUT2D eigenvalue weighted by Crippen LogP contribution is -2.19. The predicted molar refractivity (Wildman–Crippen MR) is 65.3 cm³/mol. The predicted octanol–water partition coefficient (Wildman–Crippen LogP) is 2.56. The minimum absolute atomic E-state index is 0.219. The normalized spacial score (nSPS) is 10.3. The maximum Gasteiger partial charge on any atom is 0.225 e. The fraction of sp³-hybridized carbons (Fsp3) is 0.231. The van der Waals surface area contributed by atoms with Crippen LogP contribution in [-0.2, 0) is 6.54 Å². The number of aromatic nitrogens is 2. The first kappa shape index (κ1) is 11.5. The van der Waals surface area contributed by atoms with Crippen LogP contribution in [0.3, 0.4) is 0 Å². The third kappa shape index (κ3) is 3.00. The Hall–Kier alpha value is -1.97. The number of nitrogens with zero attached hydrogens (tertiary/aromatic N) is 3. The fourth-order valence-electron chi connectivity index (χ4n) is 1.55. The highest BCUT2D eigenvalue weighted by Gasteiger charge is 2.05. The Morgan fingerprint density at radius 2 is 1.88 bits per heavy atom. The van der Waals surface area contributed by atoms with Gasteiger partial charge in [0, 0.05) is 25.5 Å². The third-order valence-electron chi connectivity index (χ3n) is 2.46. The van der Waals surface area contributed by atoms with Crippen molar-refractivity contribution < 1.29 is 4.39 Å². The lowest BCUT2D eigenvalue weighted by molar-refractivity contribution is 0.627. The summed E-state index contributed by atoms with van der Waals surface area (Å²) in [4.78, 5) is 10.5. The van der Waals surface area contributed by atoms with Gasteiger partial charge in [-0.3, -0.25) is 0 Å². The summed E-state index contributed by atoms with van der Waals surface area (Å²) >= 11 is 0. The molecule has 0 atom stereocenters. The van der Waals surface area contributed by atoms with Crippen molar-refractivity contribution >= 4 is 5.95 Å². The van der Waals surface area contributed by atoms with Crippen molar-refractivity contribution in [2.75, 3.05) is 11.9 Å². The van der Waals surface area contributed by atoms with Crippen LogP contribution < -0.4 is 4.90 Å². The van der Waals surface area contributed by atoms with Crippen molar-refractivity contribution in [1.29, 1.82) is 0 Å². The van der Waals surface area contributed by atoms with E-state index in [4.69, 9.17) is 0 Å². The molecule has 2 aromatic rings. The van der Waals surface area contributed by atoms with Gasteiger partial charge in [-0.2, -0.15) is 0 Å². The van der Waals surface area contributed by atoms with Crippen LogP contribution in [0.4, 0.5) is 10.3 Å². The molecular weight excluding hydrogens is 217 g/mol. The van der Waals surface area contributed by atoms with Gasteiger partial charge in [0.1, 0.15) is 5.82 Å². The lowest BCUT2D eigenvalue weighted by Gasteiger charge is -2.17. The van der Waals surface area contributed by atoms with Gasteiger partial charge in [-0.1, -0.05) is 12.1 Å². The number of anilines is 1. The molecule has 0 spiro atoms. The molecule has 0 aliphatic heterocycles. The minimum Gasteiger partial charge on any atom is -0.340 e.